The molecule has 7 aromatic carbocycles. The summed E-state index contributed by atoms with van der Waals surface area (Å²) in [6.07, 6.45) is 36.6. The van der Waals surface area contributed by atoms with Gasteiger partial charge >= 0.3 is 17.9 Å². The third-order valence-corrected chi connectivity index (χ3v) is 38.7. The summed E-state index contributed by atoms with van der Waals surface area (Å²) in [6, 6.07) is 67.3. The number of aliphatic hydroxyl groups is 3. The Morgan fingerprint density at radius 2 is 0.662 bits per heavy atom. The van der Waals surface area contributed by atoms with Crippen molar-refractivity contribution < 1.29 is 67.3 Å². The van der Waals surface area contributed by atoms with Crippen LogP contribution in [0.15, 0.2) is 241 Å². The molecule has 8 aliphatic carbocycles. The predicted molar refractivity (Wildman–Crippen MR) is 527 cm³/mol. The number of hydrogen-bond donors (Lipinski definition) is 4. The molecule has 0 aliphatic heterocycles. The van der Waals surface area contributed by atoms with Crippen LogP contribution < -0.4 is 35.0 Å². The Hall–Kier alpha value is -9.78. The molecule has 4 fully saturated rings. The van der Waals surface area contributed by atoms with Crippen LogP contribution in [0.25, 0.3) is 0 Å². The van der Waals surface area contributed by atoms with Crippen molar-refractivity contribution in [3.05, 3.63) is 257 Å². The van der Waals surface area contributed by atoms with Crippen molar-refractivity contribution in [2.45, 2.75) is 288 Å². The summed E-state index contributed by atoms with van der Waals surface area (Å²) in [4.78, 5) is 34.5. The molecule has 0 bridgehead atoms. The first-order chi connectivity index (χ1) is 62.6. The number of aliphatic hydroxyl groups excluding tert-OH is 3. The maximum Gasteiger partial charge on any atom is 0.307 e. The van der Waals surface area contributed by atoms with E-state index in [4.69, 9.17) is 37.6 Å². The zero-order valence-electron chi connectivity index (χ0n) is 79.1. The highest BCUT2D eigenvalue weighted by Crippen LogP contribution is 2.54. The summed E-state index contributed by atoms with van der Waals surface area (Å²) >= 11 is 0. The molecule has 130 heavy (non-hydrogen) atoms. The lowest BCUT2D eigenvalue weighted by atomic mass is 9.75. The second kappa shape index (κ2) is 46.1. The number of carbonyl (C=O) groups excluding carboxylic acids is 2. The molecular weight excluding hydrogens is 1650 g/mol. The third-order valence-electron chi connectivity index (χ3n) is 28.5. The molecule has 0 saturated heterocycles. The van der Waals surface area contributed by atoms with E-state index in [-0.39, 0.29) is 112 Å². The molecule has 4 N–H and O–H groups in total. The zero-order valence-corrected chi connectivity index (χ0v) is 81.1. The van der Waals surface area contributed by atoms with E-state index in [2.05, 4.69) is 223 Å². The number of aliphatic carboxylic acids is 1. The van der Waals surface area contributed by atoms with Gasteiger partial charge in [0.1, 0.15) is 37.1 Å². The van der Waals surface area contributed by atoms with Gasteiger partial charge in [0, 0.05) is 12.2 Å². The van der Waals surface area contributed by atoms with Crippen molar-refractivity contribution in [2.75, 3.05) is 40.6 Å². The van der Waals surface area contributed by atoms with Crippen LogP contribution in [-0.4, -0.2) is 120 Å². The molecule has 8 aliphatic rings. The highest BCUT2D eigenvalue weighted by atomic mass is 28.4. The summed E-state index contributed by atoms with van der Waals surface area (Å²) < 4.78 is 42.8. The number of methoxy groups -OCH3 is 2. The number of carboxylic acids is 1. The Morgan fingerprint density at radius 1 is 0.385 bits per heavy atom. The van der Waals surface area contributed by atoms with Crippen LogP contribution in [0.5, 0.6) is 17.2 Å². The molecule has 16 heteroatoms. The minimum absolute atomic E-state index is 0.00185. The van der Waals surface area contributed by atoms with E-state index in [1.807, 2.05) is 72.8 Å². The number of hydrogen-bond acceptors (Lipinski definition) is 13. The Balaban J connectivity index is 0.000000161. The number of ether oxygens (including phenoxy) is 5. The lowest BCUT2D eigenvalue weighted by molar-refractivity contribution is -0.141. The summed E-state index contributed by atoms with van der Waals surface area (Å²) in [6.45, 7) is 21.4. The Bertz CT molecular complexity index is 5090. The topological polar surface area (TPSA) is 197 Å². The Morgan fingerprint density at radius 3 is 0.923 bits per heavy atom. The average Bonchev–Trinajstić information content (AvgIpc) is 1.39. The van der Waals surface area contributed by atoms with E-state index >= 15 is 0 Å². The van der Waals surface area contributed by atoms with Gasteiger partial charge in [0.05, 0.1) is 70.1 Å². The van der Waals surface area contributed by atoms with Gasteiger partial charge in [-0.15, -0.1) is 17.8 Å². The fourth-order valence-electron chi connectivity index (χ4n) is 22.3. The summed E-state index contributed by atoms with van der Waals surface area (Å²) in [5.74, 6) is 18.2. The van der Waals surface area contributed by atoms with Crippen LogP contribution >= 0.6 is 0 Å². The summed E-state index contributed by atoms with van der Waals surface area (Å²) in [5.41, 5.74) is 8.94. The molecular formula is C114H142O14Si2. The van der Waals surface area contributed by atoms with Crippen molar-refractivity contribution in [2.24, 2.45) is 21.7 Å². The maximum absolute atomic E-state index is 11.9. The largest absolute Gasteiger partial charge is 0.489 e. The van der Waals surface area contributed by atoms with Crippen molar-refractivity contribution in [3.63, 3.8) is 0 Å². The molecule has 4 saturated carbocycles. The van der Waals surface area contributed by atoms with E-state index in [0.717, 1.165) is 137 Å². The first-order valence-corrected chi connectivity index (χ1v) is 51.6. The number of rotatable bonds is 27. The Kier molecular flexibility index (Phi) is 35.2. The first-order valence-electron chi connectivity index (χ1n) is 47.8. The van der Waals surface area contributed by atoms with Crippen LogP contribution in [0.4, 0.5) is 0 Å². The van der Waals surface area contributed by atoms with Gasteiger partial charge in [0.2, 0.25) is 0 Å². The van der Waals surface area contributed by atoms with Gasteiger partial charge in [-0.1, -0.05) is 241 Å². The highest BCUT2D eigenvalue weighted by molar-refractivity contribution is 7.00. The molecule has 15 rings (SSSR count). The van der Waals surface area contributed by atoms with Crippen LogP contribution in [0, 0.1) is 57.2 Å². The monoisotopic (exact) mass is 1790 g/mol. The minimum atomic E-state index is -2.58. The summed E-state index contributed by atoms with van der Waals surface area (Å²) in [7, 11) is -2.26. The van der Waals surface area contributed by atoms with Gasteiger partial charge in [-0.3, -0.25) is 14.4 Å². The van der Waals surface area contributed by atoms with Crippen molar-refractivity contribution >= 4 is 55.3 Å². The van der Waals surface area contributed by atoms with Crippen LogP contribution in [-0.2, 0) is 32.7 Å². The van der Waals surface area contributed by atoms with E-state index in [9.17, 15) is 29.7 Å². The van der Waals surface area contributed by atoms with Gasteiger partial charge in [-0.05, 0) is 303 Å². The highest BCUT2D eigenvalue weighted by Gasteiger charge is 2.55. The van der Waals surface area contributed by atoms with Crippen LogP contribution in [0.2, 0.25) is 10.1 Å². The SMILES string of the molecule is CC#C[C@@H](CC(=O)O)c1ccc(OCC2=C[C@]3(CCC2)CC[C@@H](O)C3)cc1.CC#C[C@@H](CC(=O)OC)c1ccc(OCC2=C[C@]3(CCC2)CC[C@@H](O)C3)cc1.CC#C[C@@H](CC(=O)OC)c1ccc(OCC2=C[C@]3(CCC2)CC[C@@H](O[Si](c2ccccc2)(c2ccccc2)C(C)(C)C)C3)cc1.CC(C)(C)[Si](O[C@@H]1CC[C@@]2(C=C(CO)CCC2)C1)(c1ccccc1)c1ccccc1. The van der Waals surface area contributed by atoms with Gasteiger partial charge in [0.15, 0.2) is 0 Å². The smallest absolute Gasteiger partial charge is 0.307 e. The Labute approximate surface area is 778 Å². The van der Waals surface area contributed by atoms with E-state index in [1.165, 1.54) is 109 Å². The minimum Gasteiger partial charge on any atom is -0.489 e. The van der Waals surface area contributed by atoms with Crippen molar-refractivity contribution in [3.8, 4) is 52.8 Å². The van der Waals surface area contributed by atoms with Gasteiger partial charge in [-0.2, -0.15) is 0 Å². The van der Waals surface area contributed by atoms with Crippen LogP contribution in [0.3, 0.4) is 0 Å². The maximum atomic E-state index is 11.9. The van der Waals surface area contributed by atoms with E-state index in [1.54, 1.807) is 20.8 Å². The quantitative estimate of drug-likeness (QED) is 0.0164. The van der Waals surface area contributed by atoms with E-state index in [0.29, 0.717) is 19.8 Å². The number of allylic oxidation sites excluding steroid dienone is 4. The van der Waals surface area contributed by atoms with Gasteiger partial charge in [0.25, 0.3) is 16.6 Å². The fraction of sp³-hybridized carbons (Fsp3) is 0.482. The molecule has 4 spiro atoms. The zero-order chi connectivity index (χ0) is 92.4. The lowest BCUT2D eigenvalue weighted by Gasteiger charge is -2.45. The molecule has 0 amide bonds. The number of esters is 2. The number of benzene rings is 7. The molecule has 14 nitrogen and oxygen atoms in total. The molecule has 0 aromatic heterocycles. The number of carbonyl (C=O) groups is 3. The average molecular weight is 1790 g/mol. The first kappa shape index (κ1) is 99.2. The summed E-state index contributed by atoms with van der Waals surface area (Å²) in [5, 5.41) is 44.0. The van der Waals surface area contributed by atoms with Crippen molar-refractivity contribution in [1.29, 1.82) is 0 Å². The molecule has 7 aromatic rings. The molecule has 690 valence electrons. The van der Waals surface area contributed by atoms with E-state index < -0.39 is 22.6 Å². The second-order valence-electron chi connectivity index (χ2n) is 39.9. The standard InChI is InChI=1S/C40H48O4Si.C27H36O2Si.C24H30O4.C23H28O4/c1-6-14-33(27-38(41)42-5)32-20-22-34(23-21-32)43-30-31-15-13-25-40(28-31)26-24-35(29-40)44-45(39(2,3)4,36-16-9-7-10-17-36)37-18-11-8-12-19-37;1-26(2,3)30(24-12-6-4-7-13-24,25-14-8-5-9-15-25)29-23-16-18-27(20-23)17-10-11-22(19-27)21-28;1-3-5-20(14-23(26)27-2)19-7-9-22(10-8-19)28-17-18-6-4-12-24(15-18)13-11-21(25)16-24;1-2-4-19(13-22(25)26)18-6-8-21(9-7-18)27-16-17-5-3-11-23(14-17)12-10-20(24)15-23/h7-12,16-23,28,33,35H,13,15,24-27,29-30H2,1-5H3;4-9,12-15,19,23,28H,10-11,16-18,20-21H2,1-3H3;7-10,15,20-21,25H,4,6,11-14,16-17H2,1-2H3;6-9,14,19-20,24H,3,5,10-13,15-16H2,1H3,(H,25,26)/t33-,35+,40-;23-,27+;20-,21+,24-;19-,20+,23-/m0100/s1. The molecule has 0 heterocycles. The van der Waals surface area contributed by atoms with Gasteiger partial charge < -0.3 is 53.0 Å². The second-order valence-corrected chi connectivity index (χ2v) is 48.4. The van der Waals surface area contributed by atoms with Gasteiger partial charge in [-0.25, -0.2) is 0 Å². The molecule has 11 atom stereocenters. The van der Waals surface area contributed by atoms with Crippen LogP contribution in [0.1, 0.15) is 270 Å². The van der Waals surface area contributed by atoms with Crippen molar-refractivity contribution in [1.82, 2.24) is 0 Å². The fourth-order valence-corrected chi connectivity index (χ4v) is 31.7. The predicted octanol–water partition coefficient (Wildman–Crippen LogP) is 21.8. The normalized spacial score (nSPS) is 23.5. The molecule has 0 unspecified atom stereocenters. The lowest BCUT2D eigenvalue weighted by Crippen LogP contribution is -2.67. The number of carboxylic acid groups (broad SMARTS) is 1. The third kappa shape index (κ3) is 25.9. The molecule has 0 radical (unpaired) electrons.